The number of hydrogen-bond acceptors (Lipinski definition) is 5. The molecule has 2 rings (SSSR count). The first kappa shape index (κ1) is 13.8. The van der Waals surface area contributed by atoms with Gasteiger partial charge in [-0.15, -0.1) is 0 Å². The summed E-state index contributed by atoms with van der Waals surface area (Å²) in [6.45, 7) is 3.18. The third kappa shape index (κ3) is 3.67. The molecule has 0 amide bonds. The second-order valence-electron chi connectivity index (χ2n) is 4.98. The molecule has 2 heterocycles. The largest absolute Gasteiger partial charge is 0.464 e. The molecule has 5 heteroatoms. The Morgan fingerprint density at radius 2 is 2.47 bits per heavy atom. The van der Waals surface area contributed by atoms with Crippen molar-refractivity contribution in [3.05, 3.63) is 24.0 Å². The monoisotopic (exact) mass is 263 g/mol. The Morgan fingerprint density at radius 1 is 1.63 bits per heavy atom. The van der Waals surface area contributed by atoms with Crippen molar-refractivity contribution in [3.8, 4) is 0 Å². The fourth-order valence-electron chi connectivity index (χ4n) is 2.45. The molecule has 1 aromatic heterocycles. The SMILES string of the molecule is COC(=O)c1cc(N(C)CC2CCCNC2)ccn1. The Kier molecular flexibility index (Phi) is 4.74. The molecule has 1 unspecified atom stereocenters. The highest BCUT2D eigenvalue weighted by molar-refractivity contribution is 5.88. The first-order valence-corrected chi connectivity index (χ1v) is 6.67. The number of nitrogens with one attached hydrogen (secondary N) is 1. The van der Waals surface area contributed by atoms with E-state index in [0.29, 0.717) is 11.6 Å². The number of hydrogen-bond donors (Lipinski definition) is 1. The van der Waals surface area contributed by atoms with Crippen LogP contribution >= 0.6 is 0 Å². The molecule has 0 aromatic carbocycles. The molecule has 0 saturated carbocycles. The average molecular weight is 263 g/mol. The van der Waals surface area contributed by atoms with Crippen molar-refractivity contribution in [1.82, 2.24) is 10.3 Å². The topological polar surface area (TPSA) is 54.5 Å². The summed E-state index contributed by atoms with van der Waals surface area (Å²) in [4.78, 5) is 17.7. The van der Waals surface area contributed by atoms with Gasteiger partial charge in [0.25, 0.3) is 0 Å². The van der Waals surface area contributed by atoms with Gasteiger partial charge in [-0.2, -0.15) is 0 Å². The minimum Gasteiger partial charge on any atom is -0.464 e. The van der Waals surface area contributed by atoms with Gasteiger partial charge >= 0.3 is 5.97 Å². The van der Waals surface area contributed by atoms with Crippen LogP contribution < -0.4 is 10.2 Å². The second-order valence-corrected chi connectivity index (χ2v) is 4.98. The van der Waals surface area contributed by atoms with E-state index in [2.05, 4.69) is 15.2 Å². The molecule has 1 aromatic rings. The predicted molar refractivity (Wildman–Crippen MR) is 74.4 cm³/mol. The van der Waals surface area contributed by atoms with Gasteiger partial charge in [-0.25, -0.2) is 9.78 Å². The molecule has 1 N–H and O–H groups in total. The van der Waals surface area contributed by atoms with E-state index in [-0.39, 0.29) is 0 Å². The lowest BCUT2D eigenvalue weighted by Gasteiger charge is -2.28. The van der Waals surface area contributed by atoms with E-state index in [1.54, 1.807) is 12.3 Å². The molecule has 0 radical (unpaired) electrons. The minimum absolute atomic E-state index is 0.355. The average Bonchev–Trinajstić information content (AvgIpc) is 2.47. The lowest BCUT2D eigenvalue weighted by atomic mass is 9.99. The number of pyridine rings is 1. The normalized spacial score (nSPS) is 18.9. The number of ether oxygens (including phenoxy) is 1. The highest BCUT2D eigenvalue weighted by Crippen LogP contribution is 2.18. The zero-order valence-corrected chi connectivity index (χ0v) is 11.6. The molecule has 1 atom stereocenters. The number of anilines is 1. The van der Waals surface area contributed by atoms with Crippen molar-refractivity contribution in [2.75, 3.05) is 38.7 Å². The molecule has 1 fully saturated rings. The number of esters is 1. The minimum atomic E-state index is -0.394. The number of nitrogens with zero attached hydrogens (tertiary/aromatic N) is 2. The standard InChI is InChI=1S/C14H21N3O2/c1-17(10-11-4-3-6-15-9-11)12-5-7-16-13(8-12)14(18)19-2/h5,7-8,11,15H,3-4,6,9-10H2,1-2H3. The number of aromatic nitrogens is 1. The highest BCUT2D eigenvalue weighted by Gasteiger charge is 2.16. The van der Waals surface area contributed by atoms with E-state index < -0.39 is 5.97 Å². The number of carbonyl (C=O) groups excluding carboxylic acids is 1. The van der Waals surface area contributed by atoms with Crippen molar-refractivity contribution in [2.24, 2.45) is 5.92 Å². The molecular weight excluding hydrogens is 242 g/mol. The Hall–Kier alpha value is -1.62. The summed E-state index contributed by atoms with van der Waals surface area (Å²) in [5, 5.41) is 3.42. The number of methoxy groups -OCH3 is 1. The fourth-order valence-corrected chi connectivity index (χ4v) is 2.45. The van der Waals surface area contributed by atoms with E-state index in [0.717, 1.165) is 25.3 Å². The van der Waals surface area contributed by atoms with E-state index >= 15 is 0 Å². The summed E-state index contributed by atoms with van der Waals surface area (Å²) < 4.78 is 4.69. The summed E-state index contributed by atoms with van der Waals surface area (Å²) >= 11 is 0. The Bertz CT molecular complexity index is 430. The fraction of sp³-hybridized carbons (Fsp3) is 0.571. The number of piperidine rings is 1. The molecule has 1 aliphatic heterocycles. The maximum atomic E-state index is 11.5. The number of carbonyl (C=O) groups is 1. The van der Waals surface area contributed by atoms with Gasteiger partial charge in [-0.05, 0) is 44.0 Å². The lowest BCUT2D eigenvalue weighted by molar-refractivity contribution is 0.0594. The van der Waals surface area contributed by atoms with Crippen molar-refractivity contribution < 1.29 is 9.53 Å². The van der Waals surface area contributed by atoms with Crippen LogP contribution in [0.25, 0.3) is 0 Å². The van der Waals surface area contributed by atoms with Crippen molar-refractivity contribution in [3.63, 3.8) is 0 Å². The van der Waals surface area contributed by atoms with Crippen LogP contribution in [-0.4, -0.2) is 44.7 Å². The van der Waals surface area contributed by atoms with Gasteiger partial charge in [0, 0.05) is 25.5 Å². The van der Waals surface area contributed by atoms with E-state index in [1.807, 2.05) is 13.1 Å². The van der Waals surface area contributed by atoms with Crippen molar-refractivity contribution >= 4 is 11.7 Å². The van der Waals surface area contributed by atoms with Crippen LogP contribution in [0, 0.1) is 5.92 Å². The Labute approximate surface area is 114 Å². The van der Waals surface area contributed by atoms with Crippen LogP contribution in [0.2, 0.25) is 0 Å². The van der Waals surface area contributed by atoms with Crippen LogP contribution in [0.1, 0.15) is 23.3 Å². The summed E-state index contributed by atoms with van der Waals surface area (Å²) in [6, 6.07) is 3.70. The van der Waals surface area contributed by atoms with Crippen LogP contribution in [0.5, 0.6) is 0 Å². The Balaban J connectivity index is 2.01. The third-order valence-electron chi connectivity index (χ3n) is 3.51. The quantitative estimate of drug-likeness (QED) is 0.830. The smallest absolute Gasteiger partial charge is 0.356 e. The van der Waals surface area contributed by atoms with Crippen LogP contribution in [-0.2, 0) is 4.74 Å². The van der Waals surface area contributed by atoms with Crippen molar-refractivity contribution in [2.45, 2.75) is 12.8 Å². The zero-order chi connectivity index (χ0) is 13.7. The van der Waals surface area contributed by atoms with Crippen LogP contribution in [0.15, 0.2) is 18.3 Å². The molecule has 19 heavy (non-hydrogen) atoms. The van der Waals surface area contributed by atoms with Gasteiger partial charge in [0.2, 0.25) is 0 Å². The highest BCUT2D eigenvalue weighted by atomic mass is 16.5. The summed E-state index contributed by atoms with van der Waals surface area (Å²) in [6.07, 6.45) is 4.14. The summed E-state index contributed by atoms with van der Waals surface area (Å²) in [5.74, 6) is 0.267. The van der Waals surface area contributed by atoms with Gasteiger partial charge in [-0.1, -0.05) is 0 Å². The third-order valence-corrected chi connectivity index (χ3v) is 3.51. The first-order valence-electron chi connectivity index (χ1n) is 6.67. The molecule has 0 aliphatic carbocycles. The molecule has 1 saturated heterocycles. The molecule has 1 aliphatic rings. The molecule has 104 valence electrons. The molecule has 0 bridgehead atoms. The van der Waals surface area contributed by atoms with E-state index in [1.165, 1.54) is 20.0 Å². The maximum absolute atomic E-state index is 11.5. The van der Waals surface area contributed by atoms with Gasteiger partial charge in [0.1, 0.15) is 5.69 Å². The summed E-state index contributed by atoms with van der Waals surface area (Å²) in [5.41, 5.74) is 1.36. The first-order chi connectivity index (χ1) is 9.20. The van der Waals surface area contributed by atoms with Gasteiger partial charge in [0.15, 0.2) is 0 Å². The van der Waals surface area contributed by atoms with Crippen molar-refractivity contribution in [1.29, 1.82) is 0 Å². The second kappa shape index (κ2) is 6.52. The molecule has 0 spiro atoms. The molecule has 5 nitrogen and oxygen atoms in total. The Morgan fingerprint density at radius 3 is 3.16 bits per heavy atom. The van der Waals surface area contributed by atoms with Crippen LogP contribution in [0.4, 0.5) is 5.69 Å². The maximum Gasteiger partial charge on any atom is 0.356 e. The van der Waals surface area contributed by atoms with Gasteiger partial charge < -0.3 is 15.0 Å². The van der Waals surface area contributed by atoms with Gasteiger partial charge in [0.05, 0.1) is 7.11 Å². The van der Waals surface area contributed by atoms with Gasteiger partial charge in [-0.3, -0.25) is 0 Å². The van der Waals surface area contributed by atoms with E-state index in [9.17, 15) is 4.79 Å². The van der Waals surface area contributed by atoms with Crippen LogP contribution in [0.3, 0.4) is 0 Å². The zero-order valence-electron chi connectivity index (χ0n) is 11.6. The lowest BCUT2D eigenvalue weighted by Crippen LogP contribution is -2.36. The van der Waals surface area contributed by atoms with E-state index in [4.69, 9.17) is 4.74 Å². The number of rotatable bonds is 4. The predicted octanol–water partition coefficient (Wildman–Crippen LogP) is 1.30. The molecular formula is C14H21N3O2. The summed E-state index contributed by atoms with van der Waals surface area (Å²) in [7, 11) is 3.42.